The van der Waals surface area contributed by atoms with E-state index >= 15 is 0 Å². The van der Waals surface area contributed by atoms with Crippen molar-refractivity contribution in [3.8, 4) is 0 Å². The zero-order valence-corrected chi connectivity index (χ0v) is 45.9. The van der Waals surface area contributed by atoms with Crippen molar-refractivity contribution in [3.05, 3.63) is 48.6 Å². The number of carbonyl (C=O) groups is 3. The smallest absolute Gasteiger partial charge is 0.462 e. The minimum absolute atomic E-state index is 0.155. The Bertz CT molecular complexity index is 1360. The Labute approximate surface area is 428 Å². The topological polar surface area (TPSA) is 155 Å². The van der Waals surface area contributed by atoms with Gasteiger partial charge in [-0.3, -0.25) is 23.4 Å². The van der Waals surface area contributed by atoms with Gasteiger partial charge in [-0.2, -0.15) is 0 Å². The lowest BCUT2D eigenvalue weighted by Gasteiger charge is -2.21. The molecule has 0 saturated heterocycles. The van der Waals surface area contributed by atoms with Crippen LogP contribution < -0.4 is 0 Å². The Morgan fingerprint density at radius 2 is 0.700 bits per heavy atom. The summed E-state index contributed by atoms with van der Waals surface area (Å²) in [6, 6.07) is 0. The number of phosphoric ester groups is 1. The van der Waals surface area contributed by atoms with Crippen LogP contribution in [0.5, 0.6) is 0 Å². The molecule has 0 heterocycles. The van der Waals surface area contributed by atoms with Crippen LogP contribution in [0.15, 0.2) is 48.6 Å². The Kier molecular flexibility index (Phi) is 50.8. The second-order valence-corrected chi connectivity index (χ2v) is 20.6. The van der Waals surface area contributed by atoms with Crippen molar-refractivity contribution in [1.29, 1.82) is 0 Å². The maximum Gasteiger partial charge on any atom is 0.472 e. The number of hydrogen-bond acceptors (Lipinski definition) is 10. The lowest BCUT2D eigenvalue weighted by atomic mass is 10.1. The molecule has 0 aromatic carbocycles. The number of unbranched alkanes of at least 4 members (excludes halogenated alkanes) is 28. The SMILES string of the molecule is CCCCC/C=C\C/C=C\C/C=C\CCCCCCCCC(=O)OC(COC(=O)CCCCCCCCCCCCC)COP(=O)(O)OCC(CO)OC(=O)CCCCCCC/C=C\CCCCCC. The lowest BCUT2D eigenvalue weighted by molar-refractivity contribution is -0.161. The number of allylic oxidation sites excluding steroid dienone is 8. The van der Waals surface area contributed by atoms with Crippen molar-refractivity contribution in [2.45, 2.75) is 277 Å². The van der Waals surface area contributed by atoms with Crippen molar-refractivity contribution in [2.75, 3.05) is 26.4 Å². The molecule has 0 rings (SSSR count). The number of hydrogen-bond donors (Lipinski definition) is 2. The summed E-state index contributed by atoms with van der Waals surface area (Å²) >= 11 is 0. The summed E-state index contributed by atoms with van der Waals surface area (Å²) in [4.78, 5) is 48.4. The summed E-state index contributed by atoms with van der Waals surface area (Å²) in [6.45, 7) is 4.59. The van der Waals surface area contributed by atoms with Gasteiger partial charge in [0, 0.05) is 19.3 Å². The molecular formula is C58H105O11P. The van der Waals surface area contributed by atoms with Crippen LogP contribution in [-0.4, -0.2) is 66.5 Å². The first-order valence-corrected chi connectivity index (χ1v) is 30.0. The molecule has 70 heavy (non-hydrogen) atoms. The monoisotopic (exact) mass is 1010 g/mol. The van der Waals surface area contributed by atoms with E-state index in [9.17, 15) is 28.9 Å². The highest BCUT2D eigenvalue weighted by atomic mass is 31.2. The maximum atomic E-state index is 12.9. The van der Waals surface area contributed by atoms with Crippen molar-refractivity contribution in [3.63, 3.8) is 0 Å². The molecule has 0 aliphatic carbocycles. The molecule has 0 bridgehead atoms. The van der Waals surface area contributed by atoms with Crippen molar-refractivity contribution in [1.82, 2.24) is 0 Å². The second-order valence-electron chi connectivity index (χ2n) is 19.1. The van der Waals surface area contributed by atoms with Gasteiger partial charge >= 0.3 is 25.7 Å². The third-order valence-corrected chi connectivity index (χ3v) is 13.2. The zero-order valence-electron chi connectivity index (χ0n) is 45.0. The third-order valence-electron chi connectivity index (χ3n) is 12.2. The molecule has 11 nitrogen and oxygen atoms in total. The molecule has 0 radical (unpaired) electrons. The van der Waals surface area contributed by atoms with Gasteiger partial charge in [-0.25, -0.2) is 4.57 Å². The summed E-state index contributed by atoms with van der Waals surface area (Å²) < 4.78 is 39.4. The normalized spacial score (nSPS) is 13.7. The highest BCUT2D eigenvalue weighted by Gasteiger charge is 2.28. The Morgan fingerprint density at radius 1 is 0.400 bits per heavy atom. The van der Waals surface area contributed by atoms with Gasteiger partial charge in [-0.05, 0) is 83.5 Å². The molecule has 408 valence electrons. The van der Waals surface area contributed by atoms with E-state index in [1.165, 1.54) is 96.3 Å². The maximum absolute atomic E-state index is 12.9. The quantitative estimate of drug-likeness (QED) is 0.0197. The second kappa shape index (κ2) is 52.8. The molecule has 0 aliphatic rings. The van der Waals surface area contributed by atoms with E-state index in [1.807, 2.05) is 0 Å². The molecule has 0 aromatic heterocycles. The van der Waals surface area contributed by atoms with E-state index in [-0.39, 0.29) is 25.9 Å². The van der Waals surface area contributed by atoms with E-state index < -0.39 is 57.8 Å². The molecular weight excluding hydrogens is 904 g/mol. The van der Waals surface area contributed by atoms with Gasteiger partial charge in [0.1, 0.15) is 12.7 Å². The molecule has 0 spiro atoms. The van der Waals surface area contributed by atoms with Crippen LogP contribution in [0.2, 0.25) is 0 Å². The average Bonchev–Trinajstić information content (AvgIpc) is 3.35. The predicted molar refractivity (Wildman–Crippen MR) is 289 cm³/mol. The van der Waals surface area contributed by atoms with E-state index in [0.29, 0.717) is 19.3 Å². The summed E-state index contributed by atoms with van der Waals surface area (Å²) in [5.74, 6) is -1.48. The number of phosphoric acid groups is 1. The Hall–Kier alpha value is -2.56. The van der Waals surface area contributed by atoms with Crippen molar-refractivity contribution in [2.24, 2.45) is 0 Å². The summed E-state index contributed by atoms with van der Waals surface area (Å²) in [5, 5.41) is 9.79. The minimum atomic E-state index is -4.75. The molecule has 3 unspecified atom stereocenters. The van der Waals surface area contributed by atoms with Gasteiger partial charge < -0.3 is 24.2 Å². The molecule has 2 N–H and O–H groups in total. The van der Waals surface area contributed by atoms with Crippen LogP contribution in [0, 0.1) is 0 Å². The van der Waals surface area contributed by atoms with Gasteiger partial charge in [-0.1, -0.05) is 211 Å². The Morgan fingerprint density at radius 3 is 1.13 bits per heavy atom. The fraction of sp³-hybridized carbons (Fsp3) is 0.810. The van der Waals surface area contributed by atoms with Crippen molar-refractivity contribution < 1.29 is 52.2 Å². The third kappa shape index (κ3) is 50.4. The number of ether oxygens (including phenoxy) is 3. The number of aliphatic hydroxyl groups excluding tert-OH is 1. The van der Waals surface area contributed by atoms with Gasteiger partial charge in [0.2, 0.25) is 0 Å². The van der Waals surface area contributed by atoms with E-state index in [0.717, 1.165) is 109 Å². The molecule has 12 heteroatoms. The zero-order chi connectivity index (χ0) is 51.3. The highest BCUT2D eigenvalue weighted by Crippen LogP contribution is 2.43. The average molecular weight is 1010 g/mol. The number of aliphatic hydroxyl groups is 1. The largest absolute Gasteiger partial charge is 0.472 e. The predicted octanol–water partition coefficient (Wildman–Crippen LogP) is 16.6. The summed E-state index contributed by atoms with van der Waals surface area (Å²) in [7, 11) is -4.75. The van der Waals surface area contributed by atoms with Gasteiger partial charge in [0.25, 0.3) is 0 Å². The number of carbonyl (C=O) groups excluding carboxylic acids is 3. The fourth-order valence-electron chi connectivity index (χ4n) is 7.83. The van der Waals surface area contributed by atoms with Crippen LogP contribution in [-0.2, 0) is 42.2 Å². The van der Waals surface area contributed by atoms with Crippen LogP contribution in [0.4, 0.5) is 0 Å². The Balaban J connectivity index is 4.71. The van der Waals surface area contributed by atoms with Crippen molar-refractivity contribution >= 4 is 25.7 Å². The molecule has 0 aliphatic heterocycles. The van der Waals surface area contributed by atoms with E-state index in [2.05, 4.69) is 69.4 Å². The number of rotatable bonds is 53. The van der Waals surface area contributed by atoms with Crippen LogP contribution in [0.1, 0.15) is 265 Å². The van der Waals surface area contributed by atoms with E-state index in [1.54, 1.807) is 0 Å². The standard InChI is InChI=1S/C58H105O11P/c1-4-7-10-13-16-19-22-24-25-26-27-28-29-31-34-37-40-43-46-49-58(62)69-55(51-65-56(60)47-44-41-38-35-32-21-18-15-12-9-6-3)53-67-70(63,64)66-52-54(50-59)68-57(61)48-45-42-39-36-33-30-23-20-17-14-11-8-5-2/h16,19-20,23-25,27-28,54-55,59H,4-15,17-18,21-22,26,29-53H2,1-3H3,(H,63,64)/b19-16-,23-20-,25-24-,28-27-. The first-order valence-electron chi connectivity index (χ1n) is 28.5. The summed E-state index contributed by atoms with van der Waals surface area (Å²) in [6.07, 6.45) is 54.9. The lowest BCUT2D eigenvalue weighted by Crippen LogP contribution is -2.30. The van der Waals surface area contributed by atoms with Gasteiger partial charge in [0.15, 0.2) is 6.10 Å². The molecule has 0 fully saturated rings. The number of esters is 3. The fourth-order valence-corrected chi connectivity index (χ4v) is 8.61. The molecule has 0 amide bonds. The molecule has 3 atom stereocenters. The van der Waals surface area contributed by atoms with E-state index in [4.69, 9.17) is 23.3 Å². The first-order chi connectivity index (χ1) is 34.2. The van der Waals surface area contributed by atoms with Gasteiger partial charge in [-0.15, -0.1) is 0 Å². The molecule has 0 aromatic rings. The highest BCUT2D eigenvalue weighted by molar-refractivity contribution is 7.47. The first kappa shape index (κ1) is 67.4. The van der Waals surface area contributed by atoms with Gasteiger partial charge in [0.05, 0.1) is 19.8 Å². The van der Waals surface area contributed by atoms with Crippen LogP contribution >= 0.6 is 7.82 Å². The molecule has 0 saturated carbocycles. The summed E-state index contributed by atoms with van der Waals surface area (Å²) in [5.41, 5.74) is 0. The van der Waals surface area contributed by atoms with Crippen LogP contribution in [0.25, 0.3) is 0 Å². The van der Waals surface area contributed by atoms with Crippen LogP contribution in [0.3, 0.4) is 0 Å². The minimum Gasteiger partial charge on any atom is -0.462 e.